The Labute approximate surface area is 117 Å². The lowest BCUT2D eigenvalue weighted by molar-refractivity contribution is -0.123. The van der Waals surface area contributed by atoms with Crippen LogP contribution < -0.4 is 5.32 Å². The van der Waals surface area contributed by atoms with E-state index in [1.54, 1.807) is 49.0 Å². The van der Waals surface area contributed by atoms with Gasteiger partial charge in [0.2, 0.25) is 0 Å². The molecule has 0 radical (unpaired) electrons. The molecule has 0 aliphatic heterocycles. The van der Waals surface area contributed by atoms with Crippen LogP contribution >= 0.6 is 0 Å². The van der Waals surface area contributed by atoms with E-state index in [4.69, 9.17) is 4.74 Å². The minimum absolute atomic E-state index is 0.362. The second-order valence-corrected chi connectivity index (χ2v) is 4.41. The van der Waals surface area contributed by atoms with E-state index in [2.05, 4.69) is 5.32 Å². The standard InChI is InChI=1S/C15H16N2O3/c1-11(14(18)16-12-7-4-3-5-8-12)20-15(19)13-9-6-10-17(13)2/h3-11H,1-2H3,(H,16,18)/t11-/m1/s1. The van der Waals surface area contributed by atoms with Gasteiger partial charge in [0.25, 0.3) is 5.91 Å². The number of ether oxygens (including phenoxy) is 1. The lowest BCUT2D eigenvalue weighted by Crippen LogP contribution is -2.30. The van der Waals surface area contributed by atoms with Crippen LogP contribution in [-0.4, -0.2) is 22.5 Å². The van der Waals surface area contributed by atoms with E-state index in [9.17, 15) is 9.59 Å². The molecule has 0 fully saturated rings. The van der Waals surface area contributed by atoms with Crippen LogP contribution in [0, 0.1) is 0 Å². The zero-order valence-corrected chi connectivity index (χ0v) is 11.4. The maximum atomic E-state index is 11.9. The van der Waals surface area contributed by atoms with Gasteiger partial charge in [0, 0.05) is 18.9 Å². The molecule has 0 bridgehead atoms. The molecule has 1 amide bonds. The number of hydrogen-bond acceptors (Lipinski definition) is 3. The monoisotopic (exact) mass is 272 g/mol. The van der Waals surface area contributed by atoms with Crippen LogP contribution in [0.3, 0.4) is 0 Å². The maximum absolute atomic E-state index is 11.9. The van der Waals surface area contributed by atoms with Gasteiger partial charge in [-0.2, -0.15) is 0 Å². The van der Waals surface area contributed by atoms with Gasteiger partial charge in [-0.3, -0.25) is 4.79 Å². The predicted molar refractivity (Wildman–Crippen MR) is 75.4 cm³/mol. The molecular formula is C15H16N2O3. The Balaban J connectivity index is 1.95. The van der Waals surface area contributed by atoms with Gasteiger partial charge < -0.3 is 14.6 Å². The summed E-state index contributed by atoms with van der Waals surface area (Å²) < 4.78 is 6.78. The number of esters is 1. The number of amides is 1. The van der Waals surface area contributed by atoms with Crippen LogP contribution in [0.4, 0.5) is 5.69 Å². The summed E-state index contributed by atoms with van der Waals surface area (Å²) in [6, 6.07) is 12.4. The molecule has 0 saturated heterocycles. The third-order valence-corrected chi connectivity index (χ3v) is 2.85. The smallest absolute Gasteiger partial charge is 0.355 e. The summed E-state index contributed by atoms with van der Waals surface area (Å²) in [5, 5.41) is 2.68. The number of benzene rings is 1. The lowest BCUT2D eigenvalue weighted by Gasteiger charge is -2.13. The average molecular weight is 272 g/mol. The van der Waals surface area contributed by atoms with E-state index >= 15 is 0 Å². The number of carbonyl (C=O) groups excluding carboxylic acids is 2. The first-order valence-electron chi connectivity index (χ1n) is 6.26. The van der Waals surface area contributed by atoms with Gasteiger partial charge in [-0.1, -0.05) is 18.2 Å². The van der Waals surface area contributed by atoms with Crippen molar-refractivity contribution in [2.45, 2.75) is 13.0 Å². The highest BCUT2D eigenvalue weighted by Crippen LogP contribution is 2.08. The molecule has 2 aromatic rings. The van der Waals surface area contributed by atoms with E-state index < -0.39 is 12.1 Å². The molecule has 0 spiro atoms. The molecule has 1 N–H and O–H groups in total. The summed E-state index contributed by atoms with van der Waals surface area (Å²) >= 11 is 0. The summed E-state index contributed by atoms with van der Waals surface area (Å²) in [4.78, 5) is 23.8. The van der Waals surface area contributed by atoms with Crippen molar-refractivity contribution in [1.82, 2.24) is 4.57 Å². The first kappa shape index (κ1) is 13.9. The number of aryl methyl sites for hydroxylation is 1. The van der Waals surface area contributed by atoms with E-state index in [-0.39, 0.29) is 5.91 Å². The van der Waals surface area contributed by atoms with Crippen LogP contribution in [0.25, 0.3) is 0 Å². The quantitative estimate of drug-likeness (QED) is 0.868. The molecule has 0 aliphatic rings. The van der Waals surface area contributed by atoms with Gasteiger partial charge in [0.1, 0.15) is 5.69 Å². The molecule has 0 saturated carbocycles. The number of aromatic nitrogens is 1. The maximum Gasteiger partial charge on any atom is 0.355 e. The van der Waals surface area contributed by atoms with Crippen LogP contribution in [0.1, 0.15) is 17.4 Å². The highest BCUT2D eigenvalue weighted by molar-refractivity contribution is 5.96. The predicted octanol–water partition coefficient (Wildman–Crippen LogP) is 2.21. The third-order valence-electron chi connectivity index (χ3n) is 2.85. The van der Waals surface area contributed by atoms with Crippen LogP contribution in [0.2, 0.25) is 0 Å². The first-order valence-corrected chi connectivity index (χ1v) is 6.26. The summed E-state index contributed by atoms with van der Waals surface area (Å²) in [5.41, 5.74) is 1.07. The number of para-hydroxylation sites is 1. The molecule has 1 atom stereocenters. The van der Waals surface area contributed by atoms with Crippen molar-refractivity contribution in [3.63, 3.8) is 0 Å². The van der Waals surface area contributed by atoms with Gasteiger partial charge in [-0.15, -0.1) is 0 Å². The van der Waals surface area contributed by atoms with Gasteiger partial charge in [-0.25, -0.2) is 4.79 Å². The molecule has 0 unspecified atom stereocenters. The molecule has 0 aliphatic carbocycles. The minimum atomic E-state index is -0.863. The Bertz CT molecular complexity index is 605. The highest BCUT2D eigenvalue weighted by atomic mass is 16.5. The van der Waals surface area contributed by atoms with Crippen LogP contribution in [-0.2, 0) is 16.6 Å². The topological polar surface area (TPSA) is 60.3 Å². The summed E-state index contributed by atoms with van der Waals surface area (Å²) in [5.74, 6) is -0.882. The van der Waals surface area contributed by atoms with Gasteiger partial charge in [0.05, 0.1) is 0 Å². The first-order chi connectivity index (χ1) is 9.58. The molecule has 20 heavy (non-hydrogen) atoms. The number of nitrogens with zero attached hydrogens (tertiary/aromatic N) is 1. The largest absolute Gasteiger partial charge is 0.448 e. The average Bonchev–Trinajstić information content (AvgIpc) is 2.86. The van der Waals surface area contributed by atoms with Gasteiger partial charge in [0.15, 0.2) is 6.10 Å². The Kier molecular flexibility index (Phi) is 4.20. The van der Waals surface area contributed by atoms with Gasteiger partial charge >= 0.3 is 5.97 Å². The van der Waals surface area contributed by atoms with E-state index in [0.29, 0.717) is 11.4 Å². The minimum Gasteiger partial charge on any atom is -0.448 e. The van der Waals surface area contributed by atoms with Crippen molar-refractivity contribution in [3.05, 3.63) is 54.4 Å². The van der Waals surface area contributed by atoms with Crippen molar-refractivity contribution in [1.29, 1.82) is 0 Å². The van der Waals surface area contributed by atoms with E-state index in [0.717, 1.165) is 0 Å². The Hall–Kier alpha value is -2.56. The molecule has 1 aromatic carbocycles. The number of hydrogen-bond donors (Lipinski definition) is 1. The number of carbonyl (C=O) groups is 2. The van der Waals surface area contributed by atoms with E-state index in [1.165, 1.54) is 0 Å². The Morgan fingerprint density at radius 3 is 2.45 bits per heavy atom. The van der Waals surface area contributed by atoms with Crippen molar-refractivity contribution in [2.75, 3.05) is 5.32 Å². The molecule has 5 nitrogen and oxygen atoms in total. The second kappa shape index (κ2) is 6.06. The fraction of sp³-hybridized carbons (Fsp3) is 0.200. The molecule has 1 heterocycles. The molecule has 2 rings (SSSR count). The van der Waals surface area contributed by atoms with E-state index in [1.807, 2.05) is 18.2 Å². The number of anilines is 1. The molecule has 5 heteroatoms. The summed E-state index contributed by atoms with van der Waals surface area (Å²) in [6.45, 7) is 1.54. The molecule has 104 valence electrons. The van der Waals surface area contributed by atoms with Crippen molar-refractivity contribution < 1.29 is 14.3 Å². The fourth-order valence-electron chi connectivity index (χ4n) is 1.71. The highest BCUT2D eigenvalue weighted by Gasteiger charge is 2.20. The SMILES string of the molecule is C[C@@H](OC(=O)c1cccn1C)C(=O)Nc1ccccc1. The molecular weight excluding hydrogens is 256 g/mol. The van der Waals surface area contributed by atoms with Crippen LogP contribution in [0.5, 0.6) is 0 Å². The third kappa shape index (κ3) is 3.26. The second-order valence-electron chi connectivity index (χ2n) is 4.41. The Morgan fingerprint density at radius 1 is 1.15 bits per heavy atom. The lowest BCUT2D eigenvalue weighted by atomic mass is 10.3. The fourth-order valence-corrected chi connectivity index (χ4v) is 1.71. The number of rotatable bonds is 4. The van der Waals surface area contributed by atoms with Gasteiger partial charge in [-0.05, 0) is 31.2 Å². The van der Waals surface area contributed by atoms with Crippen LogP contribution in [0.15, 0.2) is 48.7 Å². The van der Waals surface area contributed by atoms with Crippen molar-refractivity contribution >= 4 is 17.6 Å². The summed E-state index contributed by atoms with van der Waals surface area (Å²) in [7, 11) is 1.74. The number of nitrogens with one attached hydrogen (secondary N) is 1. The molecule has 1 aromatic heterocycles. The normalized spacial score (nSPS) is 11.7. The Morgan fingerprint density at radius 2 is 1.85 bits per heavy atom. The van der Waals surface area contributed by atoms with Crippen molar-refractivity contribution in [3.8, 4) is 0 Å². The summed E-state index contributed by atoms with van der Waals surface area (Å²) in [6.07, 6.45) is 0.878. The zero-order valence-electron chi connectivity index (χ0n) is 11.4. The zero-order chi connectivity index (χ0) is 14.5. The van der Waals surface area contributed by atoms with Crippen molar-refractivity contribution in [2.24, 2.45) is 7.05 Å².